The molecule has 1 atom stereocenters. The molecule has 6 heteroatoms. The summed E-state index contributed by atoms with van der Waals surface area (Å²) in [6.45, 7) is 6.69. The van der Waals surface area contributed by atoms with E-state index in [2.05, 4.69) is 32.9 Å². The van der Waals surface area contributed by atoms with Crippen LogP contribution in [0, 0.1) is 0 Å². The van der Waals surface area contributed by atoms with Crippen LogP contribution in [-0.2, 0) is 28.6 Å². The van der Waals surface area contributed by atoms with Gasteiger partial charge in [-0.15, -0.1) is 0 Å². The molecule has 0 spiro atoms. The fourth-order valence-corrected chi connectivity index (χ4v) is 8.85. The first kappa shape index (κ1) is 63.1. The Balaban J connectivity index is 4.27. The van der Waals surface area contributed by atoms with Crippen molar-refractivity contribution in [2.24, 2.45) is 0 Å². The van der Waals surface area contributed by atoms with Crippen molar-refractivity contribution in [1.82, 2.24) is 0 Å². The first-order valence-electron chi connectivity index (χ1n) is 29.2. The molecule has 0 fully saturated rings. The van der Waals surface area contributed by atoms with Gasteiger partial charge in [-0.3, -0.25) is 14.4 Å². The lowest BCUT2D eigenvalue weighted by molar-refractivity contribution is -0.167. The van der Waals surface area contributed by atoms with Gasteiger partial charge in [-0.2, -0.15) is 0 Å². The van der Waals surface area contributed by atoms with Gasteiger partial charge in [0.25, 0.3) is 0 Å². The average Bonchev–Trinajstić information content (AvgIpc) is 3.30. The molecule has 0 saturated carbocycles. The monoisotopic (exact) mass is 917 g/mol. The predicted molar refractivity (Wildman–Crippen MR) is 280 cm³/mol. The molecule has 0 bridgehead atoms. The summed E-state index contributed by atoms with van der Waals surface area (Å²) in [5, 5.41) is 0. The zero-order valence-electron chi connectivity index (χ0n) is 44.0. The number of unbranched alkanes of at least 4 members (excludes halogenated alkanes) is 41. The number of esters is 3. The van der Waals surface area contributed by atoms with E-state index >= 15 is 0 Å². The van der Waals surface area contributed by atoms with Crippen molar-refractivity contribution in [3.8, 4) is 0 Å². The molecule has 0 unspecified atom stereocenters. The van der Waals surface area contributed by atoms with Crippen LogP contribution in [0.5, 0.6) is 0 Å². The number of ether oxygens (including phenoxy) is 3. The molecule has 0 amide bonds. The van der Waals surface area contributed by atoms with Crippen molar-refractivity contribution in [3.05, 3.63) is 12.2 Å². The van der Waals surface area contributed by atoms with Crippen LogP contribution in [0.1, 0.15) is 329 Å². The highest BCUT2D eigenvalue weighted by Crippen LogP contribution is 2.17. The topological polar surface area (TPSA) is 78.9 Å². The highest BCUT2D eigenvalue weighted by molar-refractivity contribution is 5.71. The van der Waals surface area contributed by atoms with Gasteiger partial charge < -0.3 is 14.2 Å². The Morgan fingerprint density at radius 1 is 0.292 bits per heavy atom. The third-order valence-electron chi connectivity index (χ3n) is 13.3. The van der Waals surface area contributed by atoms with Crippen molar-refractivity contribution < 1.29 is 28.6 Å². The second-order valence-corrected chi connectivity index (χ2v) is 19.9. The lowest BCUT2D eigenvalue weighted by Crippen LogP contribution is -2.30. The summed E-state index contributed by atoms with van der Waals surface area (Å²) < 4.78 is 16.9. The molecule has 0 aromatic rings. The lowest BCUT2D eigenvalue weighted by Gasteiger charge is -2.18. The lowest BCUT2D eigenvalue weighted by atomic mass is 10.0. The highest BCUT2D eigenvalue weighted by Gasteiger charge is 2.19. The second kappa shape index (κ2) is 54.8. The van der Waals surface area contributed by atoms with Gasteiger partial charge in [-0.25, -0.2) is 0 Å². The van der Waals surface area contributed by atoms with Gasteiger partial charge in [0.15, 0.2) is 6.10 Å². The molecular formula is C59H112O6. The number of hydrogen-bond acceptors (Lipinski definition) is 6. The van der Waals surface area contributed by atoms with Crippen molar-refractivity contribution in [2.75, 3.05) is 13.2 Å². The van der Waals surface area contributed by atoms with Gasteiger partial charge in [0.1, 0.15) is 13.2 Å². The fourth-order valence-electron chi connectivity index (χ4n) is 8.85. The Hall–Kier alpha value is -1.85. The van der Waals surface area contributed by atoms with E-state index in [1.807, 2.05) is 0 Å². The Labute approximate surface area is 405 Å². The van der Waals surface area contributed by atoms with Crippen LogP contribution in [-0.4, -0.2) is 37.2 Å². The van der Waals surface area contributed by atoms with Crippen molar-refractivity contribution in [3.63, 3.8) is 0 Å². The number of carbonyl (C=O) groups is 3. The third-order valence-corrected chi connectivity index (χ3v) is 13.3. The van der Waals surface area contributed by atoms with Crippen LogP contribution in [0.3, 0.4) is 0 Å². The number of hydrogen-bond donors (Lipinski definition) is 0. The van der Waals surface area contributed by atoms with Gasteiger partial charge in [-0.05, 0) is 44.9 Å². The maximum atomic E-state index is 12.8. The second-order valence-electron chi connectivity index (χ2n) is 19.9. The van der Waals surface area contributed by atoms with Gasteiger partial charge in [0, 0.05) is 19.3 Å². The van der Waals surface area contributed by atoms with Crippen molar-refractivity contribution in [2.45, 2.75) is 335 Å². The molecule has 0 aromatic heterocycles. The smallest absolute Gasteiger partial charge is 0.306 e. The molecule has 0 aliphatic rings. The molecule has 0 rings (SSSR count). The Kier molecular flexibility index (Phi) is 53.2. The summed E-state index contributed by atoms with van der Waals surface area (Å²) in [6, 6.07) is 0. The molecule has 0 saturated heterocycles. The standard InChI is InChI=1S/C59H112O6/c1-4-7-10-13-16-19-22-24-26-28-29-31-32-34-37-40-43-46-49-52-58(61)64-55-56(54-63-57(60)51-48-45-42-39-36-21-18-15-12-9-6-3)65-59(62)53-50-47-44-41-38-35-33-30-27-25-23-20-17-14-11-8-5-2/h28-29,56H,4-27,30-55H2,1-3H3/b29-28-/t56-/m1/s1. The number of rotatable bonds is 54. The van der Waals surface area contributed by atoms with Gasteiger partial charge >= 0.3 is 17.9 Å². The largest absolute Gasteiger partial charge is 0.462 e. The van der Waals surface area contributed by atoms with Gasteiger partial charge in [-0.1, -0.05) is 277 Å². The molecule has 0 N–H and O–H groups in total. The van der Waals surface area contributed by atoms with E-state index in [4.69, 9.17) is 14.2 Å². The third kappa shape index (κ3) is 53.0. The number of carbonyl (C=O) groups excluding carboxylic acids is 3. The fraction of sp³-hybridized carbons (Fsp3) is 0.915. The predicted octanol–water partition coefficient (Wildman–Crippen LogP) is 19.3. The molecular weight excluding hydrogens is 805 g/mol. The quantitative estimate of drug-likeness (QED) is 0.0262. The van der Waals surface area contributed by atoms with Crippen LogP contribution in [0.2, 0.25) is 0 Å². The maximum Gasteiger partial charge on any atom is 0.306 e. The van der Waals surface area contributed by atoms with Crippen LogP contribution in [0.4, 0.5) is 0 Å². The summed E-state index contributed by atoms with van der Waals surface area (Å²) in [7, 11) is 0. The van der Waals surface area contributed by atoms with Crippen LogP contribution >= 0.6 is 0 Å². The zero-order chi connectivity index (χ0) is 47.2. The number of allylic oxidation sites excluding steroid dienone is 2. The van der Waals surface area contributed by atoms with Crippen LogP contribution in [0.15, 0.2) is 12.2 Å². The summed E-state index contributed by atoms with van der Waals surface area (Å²) in [5.74, 6) is -0.847. The first-order chi connectivity index (χ1) is 32.0. The zero-order valence-corrected chi connectivity index (χ0v) is 44.0. The highest BCUT2D eigenvalue weighted by atomic mass is 16.6. The molecule has 65 heavy (non-hydrogen) atoms. The first-order valence-corrected chi connectivity index (χ1v) is 29.2. The van der Waals surface area contributed by atoms with Crippen LogP contribution < -0.4 is 0 Å². The maximum absolute atomic E-state index is 12.8. The van der Waals surface area contributed by atoms with Crippen molar-refractivity contribution in [1.29, 1.82) is 0 Å². The summed E-state index contributed by atoms with van der Waals surface area (Å²) in [6.07, 6.45) is 62.0. The van der Waals surface area contributed by atoms with E-state index in [-0.39, 0.29) is 31.1 Å². The Morgan fingerprint density at radius 2 is 0.508 bits per heavy atom. The minimum absolute atomic E-state index is 0.0655. The molecule has 0 aromatic carbocycles. The minimum Gasteiger partial charge on any atom is -0.462 e. The van der Waals surface area contributed by atoms with E-state index in [1.54, 1.807) is 0 Å². The Bertz CT molecular complexity index is 1010. The summed E-state index contributed by atoms with van der Waals surface area (Å²) in [5.41, 5.74) is 0. The molecule has 0 aliphatic heterocycles. The molecule has 384 valence electrons. The van der Waals surface area contributed by atoms with E-state index in [0.29, 0.717) is 19.3 Å². The normalized spacial score (nSPS) is 12.0. The molecule has 0 aliphatic carbocycles. The van der Waals surface area contributed by atoms with E-state index in [0.717, 1.165) is 57.8 Å². The summed E-state index contributed by atoms with van der Waals surface area (Å²) in [4.78, 5) is 38.1. The molecule has 0 heterocycles. The minimum atomic E-state index is -0.765. The molecule has 0 radical (unpaired) electrons. The molecule has 6 nitrogen and oxygen atoms in total. The van der Waals surface area contributed by atoms with Crippen molar-refractivity contribution >= 4 is 17.9 Å². The van der Waals surface area contributed by atoms with Gasteiger partial charge in [0.05, 0.1) is 0 Å². The van der Waals surface area contributed by atoms with Gasteiger partial charge in [0.2, 0.25) is 0 Å². The van der Waals surface area contributed by atoms with E-state index in [9.17, 15) is 14.4 Å². The average molecular weight is 918 g/mol. The van der Waals surface area contributed by atoms with E-state index < -0.39 is 6.10 Å². The van der Waals surface area contributed by atoms with Crippen LogP contribution in [0.25, 0.3) is 0 Å². The SMILES string of the molecule is CCCCCCCCCC/C=C\CCCCCCCCCC(=O)OC[C@@H](COC(=O)CCCCCCCCCCCCC)OC(=O)CCCCCCCCCCCCCCCCCCC. The summed E-state index contributed by atoms with van der Waals surface area (Å²) >= 11 is 0. The van der Waals surface area contributed by atoms with E-state index in [1.165, 1.54) is 231 Å². The Morgan fingerprint density at radius 3 is 0.769 bits per heavy atom.